The number of aromatic nitrogens is 3. The molecule has 0 unspecified atom stereocenters. The van der Waals surface area contributed by atoms with Crippen LogP contribution in [0.25, 0.3) is 20.7 Å². The number of pyridine rings is 1. The number of thiophene rings is 1. The van der Waals surface area contributed by atoms with E-state index in [1.165, 1.54) is 28.0 Å². The van der Waals surface area contributed by atoms with Crippen molar-refractivity contribution in [3.8, 4) is 10.4 Å². The van der Waals surface area contributed by atoms with E-state index in [1.54, 1.807) is 25.5 Å². The smallest absolute Gasteiger partial charge is 0.271 e. The van der Waals surface area contributed by atoms with E-state index < -0.39 is 0 Å². The lowest BCUT2D eigenvalue weighted by atomic mass is 9.87. The Morgan fingerprint density at radius 3 is 2.68 bits per heavy atom. The molecule has 1 aromatic carbocycles. The standard InChI is InChI=1S/C28H28ClN5O2S/c1-18(35)33-10-8-32(9-11-33)16-19-2-3-21-13-23(6-4-20(21)12-19)34-17-31-24-14-25(37-27(24)28(34)36)22-5-7-26(29)30-15-22/h2-3,5,7,12,14-15,17,23H,4,6,8-11,13,16H2,1H3/t23-/m0/s1. The lowest BCUT2D eigenvalue weighted by Crippen LogP contribution is -2.47. The predicted octanol–water partition coefficient (Wildman–Crippen LogP) is 4.57. The number of rotatable bonds is 4. The number of aryl methyl sites for hydroxylation is 1. The molecular formula is C28H28ClN5O2S. The molecule has 1 fully saturated rings. The van der Waals surface area contributed by atoms with Gasteiger partial charge >= 0.3 is 0 Å². The summed E-state index contributed by atoms with van der Waals surface area (Å²) in [5.74, 6) is 0.162. The fourth-order valence-electron chi connectivity index (χ4n) is 5.45. The molecule has 0 spiro atoms. The maximum absolute atomic E-state index is 13.4. The van der Waals surface area contributed by atoms with Gasteiger partial charge in [0.1, 0.15) is 9.85 Å². The number of halogens is 1. The van der Waals surface area contributed by atoms with Crippen LogP contribution >= 0.6 is 22.9 Å². The summed E-state index contributed by atoms with van der Waals surface area (Å²) < 4.78 is 2.51. The topological polar surface area (TPSA) is 71.3 Å². The van der Waals surface area contributed by atoms with Crippen molar-refractivity contribution < 1.29 is 4.79 Å². The van der Waals surface area contributed by atoms with Gasteiger partial charge in [0.25, 0.3) is 5.56 Å². The third kappa shape index (κ3) is 4.93. The van der Waals surface area contributed by atoms with Crippen molar-refractivity contribution in [1.82, 2.24) is 24.3 Å². The zero-order valence-corrected chi connectivity index (χ0v) is 22.3. The van der Waals surface area contributed by atoms with Gasteiger partial charge in [-0.25, -0.2) is 9.97 Å². The third-order valence-corrected chi connectivity index (χ3v) is 8.95. The maximum atomic E-state index is 13.4. The van der Waals surface area contributed by atoms with E-state index in [9.17, 15) is 9.59 Å². The Bertz CT molecular complexity index is 1520. The molecule has 1 aliphatic carbocycles. The molecule has 1 aliphatic heterocycles. The highest BCUT2D eigenvalue weighted by molar-refractivity contribution is 7.22. The van der Waals surface area contributed by atoms with Crippen LogP contribution in [0.3, 0.4) is 0 Å². The summed E-state index contributed by atoms with van der Waals surface area (Å²) in [5, 5.41) is 0.447. The van der Waals surface area contributed by atoms with Gasteiger partial charge < -0.3 is 4.90 Å². The lowest BCUT2D eigenvalue weighted by molar-refractivity contribution is -0.130. The van der Waals surface area contributed by atoms with Crippen LogP contribution in [0.15, 0.2) is 53.7 Å². The molecule has 2 aliphatic rings. The highest BCUT2D eigenvalue weighted by Crippen LogP contribution is 2.33. The molecule has 0 bridgehead atoms. The van der Waals surface area contributed by atoms with Crippen LogP contribution in [-0.4, -0.2) is 56.4 Å². The SMILES string of the molecule is CC(=O)N1CCN(Cc2ccc3c(c2)CC[C@H](n2cnc4cc(-c5ccc(Cl)nc5)sc4c2=O)C3)CC1. The van der Waals surface area contributed by atoms with E-state index in [1.807, 2.05) is 21.6 Å². The van der Waals surface area contributed by atoms with Crippen molar-refractivity contribution in [3.63, 3.8) is 0 Å². The average molecular weight is 534 g/mol. The third-order valence-electron chi connectivity index (χ3n) is 7.56. The first-order valence-electron chi connectivity index (χ1n) is 12.7. The largest absolute Gasteiger partial charge is 0.340 e. The number of nitrogens with zero attached hydrogens (tertiary/aromatic N) is 5. The molecule has 1 atom stereocenters. The number of hydrogen-bond donors (Lipinski definition) is 0. The summed E-state index contributed by atoms with van der Waals surface area (Å²) in [6, 6.07) is 12.5. The van der Waals surface area contributed by atoms with Crippen LogP contribution < -0.4 is 5.56 Å². The van der Waals surface area contributed by atoms with Crippen molar-refractivity contribution >= 4 is 39.1 Å². The van der Waals surface area contributed by atoms with E-state index in [0.717, 1.165) is 67.9 Å². The Balaban J connectivity index is 1.18. The summed E-state index contributed by atoms with van der Waals surface area (Å²) in [6.07, 6.45) is 6.14. The number of hydrogen-bond acceptors (Lipinski definition) is 6. The van der Waals surface area contributed by atoms with E-state index in [0.29, 0.717) is 9.85 Å². The summed E-state index contributed by atoms with van der Waals surface area (Å²) in [5.41, 5.74) is 5.69. The van der Waals surface area contributed by atoms with Gasteiger partial charge in [-0.15, -0.1) is 11.3 Å². The van der Waals surface area contributed by atoms with Crippen molar-refractivity contribution in [1.29, 1.82) is 0 Å². The van der Waals surface area contributed by atoms with Crippen molar-refractivity contribution in [2.45, 2.75) is 38.8 Å². The van der Waals surface area contributed by atoms with Gasteiger partial charge in [0.05, 0.1) is 11.8 Å². The zero-order valence-electron chi connectivity index (χ0n) is 20.7. The molecule has 4 aromatic rings. The van der Waals surface area contributed by atoms with Crippen molar-refractivity contribution in [2.75, 3.05) is 26.2 Å². The van der Waals surface area contributed by atoms with E-state index in [2.05, 4.69) is 33.1 Å². The first-order chi connectivity index (χ1) is 17.9. The Kier molecular flexibility index (Phi) is 6.56. The average Bonchev–Trinajstić information content (AvgIpc) is 3.35. The van der Waals surface area contributed by atoms with Crippen LogP contribution in [0.1, 0.15) is 36.1 Å². The summed E-state index contributed by atoms with van der Waals surface area (Å²) in [7, 11) is 0. The van der Waals surface area contributed by atoms with Gasteiger partial charge in [0, 0.05) is 62.3 Å². The predicted molar refractivity (Wildman–Crippen MR) is 147 cm³/mol. The Labute approximate surface area is 224 Å². The normalized spacial score (nSPS) is 18.2. The summed E-state index contributed by atoms with van der Waals surface area (Å²) in [4.78, 5) is 39.1. The number of fused-ring (bicyclic) bond motifs is 2. The molecule has 190 valence electrons. The minimum Gasteiger partial charge on any atom is -0.340 e. The minimum absolute atomic E-state index is 0.0259. The van der Waals surface area contributed by atoms with Crippen LogP contribution in [0.2, 0.25) is 5.15 Å². The molecule has 4 heterocycles. The number of amides is 1. The summed E-state index contributed by atoms with van der Waals surface area (Å²) in [6.45, 7) is 5.98. The minimum atomic E-state index is 0.0259. The molecule has 3 aromatic heterocycles. The van der Waals surface area contributed by atoms with Gasteiger partial charge in [-0.3, -0.25) is 19.1 Å². The molecule has 1 saturated heterocycles. The number of benzene rings is 1. The van der Waals surface area contributed by atoms with Crippen LogP contribution in [-0.2, 0) is 24.2 Å². The first kappa shape index (κ1) is 24.3. The Morgan fingerprint density at radius 1 is 1.08 bits per heavy atom. The monoisotopic (exact) mass is 533 g/mol. The van der Waals surface area contributed by atoms with Gasteiger partial charge in [-0.1, -0.05) is 29.8 Å². The van der Waals surface area contributed by atoms with Crippen LogP contribution in [0.5, 0.6) is 0 Å². The molecule has 6 rings (SSSR count). The van der Waals surface area contributed by atoms with Crippen molar-refractivity contribution in [3.05, 3.63) is 81.1 Å². The highest BCUT2D eigenvalue weighted by Gasteiger charge is 2.24. The Hall–Kier alpha value is -3.07. The number of carbonyl (C=O) groups excluding carboxylic acids is 1. The van der Waals surface area contributed by atoms with Gasteiger partial charge in [-0.2, -0.15) is 0 Å². The van der Waals surface area contributed by atoms with Crippen LogP contribution in [0.4, 0.5) is 0 Å². The van der Waals surface area contributed by atoms with Crippen LogP contribution in [0, 0.1) is 0 Å². The zero-order chi connectivity index (χ0) is 25.5. The molecule has 0 N–H and O–H groups in total. The highest BCUT2D eigenvalue weighted by atomic mass is 35.5. The molecule has 7 nitrogen and oxygen atoms in total. The van der Waals surface area contributed by atoms with Crippen molar-refractivity contribution in [2.24, 2.45) is 0 Å². The van der Waals surface area contributed by atoms with Gasteiger partial charge in [0.2, 0.25) is 5.91 Å². The molecule has 9 heteroatoms. The fourth-order valence-corrected chi connectivity index (χ4v) is 6.60. The van der Waals surface area contributed by atoms with E-state index >= 15 is 0 Å². The maximum Gasteiger partial charge on any atom is 0.271 e. The second-order valence-electron chi connectivity index (χ2n) is 9.93. The number of piperazine rings is 1. The molecule has 0 saturated carbocycles. The second kappa shape index (κ2) is 10.0. The molecule has 0 radical (unpaired) electrons. The van der Waals surface area contributed by atoms with Gasteiger partial charge in [0.15, 0.2) is 0 Å². The Morgan fingerprint density at radius 2 is 1.92 bits per heavy atom. The first-order valence-corrected chi connectivity index (χ1v) is 13.9. The van der Waals surface area contributed by atoms with Gasteiger partial charge in [-0.05, 0) is 54.2 Å². The van der Waals surface area contributed by atoms with E-state index in [-0.39, 0.29) is 17.5 Å². The quantitative estimate of drug-likeness (QED) is 0.359. The fraction of sp³-hybridized carbons (Fsp3) is 0.357. The lowest BCUT2D eigenvalue weighted by Gasteiger charge is -2.34. The van der Waals surface area contributed by atoms with E-state index in [4.69, 9.17) is 11.6 Å². The summed E-state index contributed by atoms with van der Waals surface area (Å²) >= 11 is 7.39. The molecular weight excluding hydrogens is 506 g/mol. The molecule has 1 amide bonds. The number of carbonyl (C=O) groups is 1. The molecule has 37 heavy (non-hydrogen) atoms. The second-order valence-corrected chi connectivity index (χ2v) is 11.4.